The number of benzene rings is 1. The highest BCUT2D eigenvalue weighted by Gasteiger charge is 2.24. The first-order valence-electron chi connectivity index (χ1n) is 6.56. The molecule has 0 amide bonds. The second-order valence-electron chi connectivity index (χ2n) is 4.90. The number of aromatic nitrogens is 1. The van der Waals surface area contributed by atoms with Crippen molar-refractivity contribution in [2.75, 3.05) is 26.2 Å². The zero-order chi connectivity index (χ0) is 12.4. The first-order valence-corrected chi connectivity index (χ1v) is 6.56. The van der Waals surface area contributed by atoms with Crippen molar-refractivity contribution >= 4 is 11.0 Å². The van der Waals surface area contributed by atoms with E-state index in [0.717, 1.165) is 49.1 Å². The molecule has 1 fully saturated rings. The third-order valence-corrected chi connectivity index (χ3v) is 3.80. The zero-order valence-corrected chi connectivity index (χ0v) is 10.4. The monoisotopic (exact) mass is 246 g/mol. The van der Waals surface area contributed by atoms with Gasteiger partial charge in [0.15, 0.2) is 5.58 Å². The molecule has 0 radical (unpaired) electrons. The lowest BCUT2D eigenvalue weighted by Crippen LogP contribution is -2.35. The third kappa shape index (κ3) is 2.13. The van der Waals surface area contributed by atoms with Gasteiger partial charge in [0.1, 0.15) is 0 Å². The van der Waals surface area contributed by atoms with Gasteiger partial charge in [0.05, 0.1) is 12.3 Å². The van der Waals surface area contributed by atoms with Gasteiger partial charge in [-0.2, -0.15) is 0 Å². The molecule has 0 bridgehead atoms. The van der Waals surface area contributed by atoms with Crippen LogP contribution >= 0.6 is 0 Å². The largest absolute Gasteiger partial charge is 0.395 e. The fraction of sp³-hybridized carbons (Fsp3) is 0.500. The number of para-hydroxylation sites is 1. The van der Waals surface area contributed by atoms with Crippen molar-refractivity contribution in [2.24, 2.45) is 0 Å². The van der Waals surface area contributed by atoms with Gasteiger partial charge in [-0.3, -0.25) is 0 Å². The van der Waals surface area contributed by atoms with Crippen LogP contribution in [0.5, 0.6) is 0 Å². The lowest BCUT2D eigenvalue weighted by molar-refractivity contribution is 0.163. The van der Waals surface area contributed by atoms with E-state index in [9.17, 15) is 0 Å². The Kier molecular flexibility index (Phi) is 3.30. The van der Waals surface area contributed by atoms with Crippen LogP contribution < -0.4 is 0 Å². The number of aliphatic hydroxyl groups is 1. The van der Waals surface area contributed by atoms with Gasteiger partial charge in [-0.25, -0.2) is 0 Å². The topological polar surface area (TPSA) is 49.5 Å². The van der Waals surface area contributed by atoms with Crippen LogP contribution in [0.3, 0.4) is 0 Å². The van der Waals surface area contributed by atoms with Crippen molar-refractivity contribution < 1.29 is 9.63 Å². The van der Waals surface area contributed by atoms with Crippen LogP contribution in [0.15, 0.2) is 28.8 Å². The number of hydrogen-bond acceptors (Lipinski definition) is 4. The van der Waals surface area contributed by atoms with Crippen LogP contribution in [0.25, 0.3) is 11.0 Å². The predicted octanol–water partition coefficient (Wildman–Crippen LogP) is 2.00. The molecule has 0 unspecified atom stereocenters. The van der Waals surface area contributed by atoms with Gasteiger partial charge in [-0.15, -0.1) is 0 Å². The van der Waals surface area contributed by atoms with Crippen LogP contribution in [0.4, 0.5) is 0 Å². The van der Waals surface area contributed by atoms with Crippen molar-refractivity contribution in [1.29, 1.82) is 0 Å². The Morgan fingerprint density at radius 1 is 1.28 bits per heavy atom. The lowest BCUT2D eigenvalue weighted by Gasteiger charge is -2.30. The highest BCUT2D eigenvalue weighted by atomic mass is 16.5. The highest BCUT2D eigenvalue weighted by Crippen LogP contribution is 2.32. The zero-order valence-electron chi connectivity index (χ0n) is 10.4. The number of nitrogens with zero attached hydrogens (tertiary/aromatic N) is 2. The van der Waals surface area contributed by atoms with Crippen LogP contribution in [0.2, 0.25) is 0 Å². The molecule has 1 saturated heterocycles. The first-order chi connectivity index (χ1) is 8.88. The van der Waals surface area contributed by atoms with Crippen molar-refractivity contribution in [1.82, 2.24) is 10.1 Å². The summed E-state index contributed by atoms with van der Waals surface area (Å²) in [5.41, 5.74) is 1.99. The van der Waals surface area contributed by atoms with Crippen molar-refractivity contribution in [3.8, 4) is 0 Å². The smallest absolute Gasteiger partial charge is 0.167 e. The van der Waals surface area contributed by atoms with Crippen LogP contribution in [0.1, 0.15) is 24.5 Å². The molecule has 0 atom stereocenters. The standard InChI is InChI=1S/C14H18N2O2/c17-10-9-16-7-5-11(6-8-16)14-12-3-1-2-4-13(12)18-15-14/h1-4,11,17H,5-10H2. The molecular weight excluding hydrogens is 228 g/mol. The van der Waals surface area contributed by atoms with Crippen molar-refractivity contribution in [3.05, 3.63) is 30.0 Å². The quantitative estimate of drug-likeness (QED) is 0.900. The molecule has 1 aliphatic rings. The van der Waals surface area contributed by atoms with Crippen LogP contribution in [-0.4, -0.2) is 41.4 Å². The molecule has 1 aromatic carbocycles. The van der Waals surface area contributed by atoms with Gasteiger partial charge < -0.3 is 14.5 Å². The summed E-state index contributed by atoms with van der Waals surface area (Å²) in [5, 5.41) is 14.3. The summed E-state index contributed by atoms with van der Waals surface area (Å²) in [6.45, 7) is 3.10. The molecule has 1 aliphatic heterocycles. The van der Waals surface area contributed by atoms with Gasteiger partial charge in [-0.05, 0) is 38.1 Å². The average molecular weight is 246 g/mol. The summed E-state index contributed by atoms with van der Waals surface area (Å²) in [6, 6.07) is 8.05. The lowest BCUT2D eigenvalue weighted by atomic mass is 9.92. The number of likely N-dealkylation sites (tertiary alicyclic amines) is 1. The predicted molar refractivity (Wildman–Crippen MR) is 69.5 cm³/mol. The van der Waals surface area contributed by atoms with Gasteiger partial charge in [-0.1, -0.05) is 17.3 Å². The van der Waals surface area contributed by atoms with E-state index in [1.54, 1.807) is 0 Å². The highest BCUT2D eigenvalue weighted by molar-refractivity contribution is 5.79. The van der Waals surface area contributed by atoms with E-state index in [1.807, 2.05) is 18.2 Å². The summed E-state index contributed by atoms with van der Waals surface area (Å²) in [5.74, 6) is 0.489. The molecule has 0 spiro atoms. The van der Waals surface area contributed by atoms with Crippen LogP contribution in [0, 0.1) is 0 Å². The number of β-amino-alcohol motifs (C(OH)–C–C–N with tert-alkyl or cyclic N) is 1. The van der Waals surface area contributed by atoms with Gasteiger partial charge in [0.25, 0.3) is 0 Å². The molecule has 0 saturated carbocycles. The average Bonchev–Trinajstić information content (AvgIpc) is 2.84. The molecule has 2 aromatic rings. The van der Waals surface area contributed by atoms with Gasteiger partial charge in [0, 0.05) is 17.8 Å². The maximum Gasteiger partial charge on any atom is 0.167 e. The number of fused-ring (bicyclic) bond motifs is 1. The van der Waals surface area contributed by atoms with Crippen molar-refractivity contribution in [2.45, 2.75) is 18.8 Å². The van der Waals surface area contributed by atoms with Gasteiger partial charge in [0.2, 0.25) is 0 Å². The van der Waals surface area contributed by atoms with Crippen molar-refractivity contribution in [3.63, 3.8) is 0 Å². The second kappa shape index (κ2) is 5.08. The maximum atomic E-state index is 8.94. The summed E-state index contributed by atoms with van der Waals surface area (Å²) in [7, 11) is 0. The first kappa shape index (κ1) is 11.7. The number of aliphatic hydroxyl groups excluding tert-OH is 1. The van der Waals surface area contributed by atoms with Gasteiger partial charge >= 0.3 is 0 Å². The minimum Gasteiger partial charge on any atom is -0.395 e. The van der Waals surface area contributed by atoms with E-state index < -0.39 is 0 Å². The Bertz CT molecular complexity index is 515. The number of piperidine rings is 1. The molecule has 18 heavy (non-hydrogen) atoms. The second-order valence-corrected chi connectivity index (χ2v) is 4.90. The van der Waals surface area contributed by atoms with E-state index >= 15 is 0 Å². The van der Waals surface area contributed by atoms with E-state index in [4.69, 9.17) is 9.63 Å². The van der Waals surface area contributed by atoms with E-state index in [0.29, 0.717) is 5.92 Å². The normalized spacial score (nSPS) is 18.5. The minimum absolute atomic E-state index is 0.248. The molecule has 2 heterocycles. The number of rotatable bonds is 3. The van der Waals surface area contributed by atoms with E-state index in [2.05, 4.69) is 16.1 Å². The maximum absolute atomic E-state index is 8.94. The molecule has 0 aliphatic carbocycles. The summed E-state index contributed by atoms with van der Waals surface area (Å²) in [6.07, 6.45) is 2.19. The Hall–Kier alpha value is -1.39. The molecular formula is C14H18N2O2. The fourth-order valence-electron chi connectivity index (χ4n) is 2.77. The minimum atomic E-state index is 0.248. The molecule has 1 N–H and O–H groups in total. The Balaban J connectivity index is 1.76. The Labute approximate surface area is 106 Å². The van der Waals surface area contributed by atoms with Crippen LogP contribution in [-0.2, 0) is 0 Å². The molecule has 96 valence electrons. The summed E-state index contributed by atoms with van der Waals surface area (Å²) in [4.78, 5) is 2.30. The summed E-state index contributed by atoms with van der Waals surface area (Å²) >= 11 is 0. The fourth-order valence-corrected chi connectivity index (χ4v) is 2.77. The Morgan fingerprint density at radius 2 is 2.06 bits per heavy atom. The number of hydrogen-bond donors (Lipinski definition) is 1. The molecule has 4 nitrogen and oxygen atoms in total. The SMILES string of the molecule is OCCN1CCC(c2noc3ccccc23)CC1. The summed E-state index contributed by atoms with van der Waals surface area (Å²) < 4.78 is 5.37. The van der Waals surface area contributed by atoms with E-state index in [-0.39, 0.29) is 6.61 Å². The Morgan fingerprint density at radius 3 is 2.83 bits per heavy atom. The molecule has 3 rings (SSSR count). The third-order valence-electron chi connectivity index (χ3n) is 3.80. The molecule has 1 aromatic heterocycles. The molecule has 4 heteroatoms. The van der Waals surface area contributed by atoms with E-state index in [1.165, 1.54) is 0 Å².